The van der Waals surface area contributed by atoms with Crippen LogP contribution in [0.2, 0.25) is 0 Å². The second-order valence-corrected chi connectivity index (χ2v) is 7.12. The van der Waals surface area contributed by atoms with E-state index in [1.54, 1.807) is 29.5 Å². The first-order valence-electron chi connectivity index (χ1n) is 8.82. The molecular weight excluding hydrogens is 602 g/mol. The third kappa shape index (κ3) is 5.64. The van der Waals surface area contributed by atoms with E-state index in [9.17, 15) is 13.2 Å². The molecule has 0 spiro atoms. The zero-order valence-corrected chi connectivity index (χ0v) is 18.9. The first-order chi connectivity index (χ1) is 14.5. The quantitative estimate of drug-likeness (QED) is 0.233. The number of para-hydroxylation sites is 1. The molecule has 0 saturated heterocycles. The third-order valence-corrected chi connectivity index (χ3v) is 5.06. The third-order valence-electron chi connectivity index (χ3n) is 3.99. The summed E-state index contributed by atoms with van der Waals surface area (Å²) in [5.74, 6) is 0. The van der Waals surface area contributed by atoms with Crippen LogP contribution in [0.4, 0.5) is 13.2 Å². The molecule has 0 aliphatic rings. The average Bonchev–Trinajstić information content (AvgIpc) is 3.43. The number of benzene rings is 2. The van der Waals surface area contributed by atoms with E-state index in [2.05, 4.69) is 32.3 Å². The molecule has 5 rings (SSSR count). The van der Waals surface area contributed by atoms with E-state index < -0.39 is 11.9 Å². The molecule has 31 heavy (non-hydrogen) atoms. The van der Waals surface area contributed by atoms with Crippen LogP contribution in [0, 0.1) is 6.07 Å². The molecule has 0 unspecified atom stereocenters. The molecule has 3 aromatic heterocycles. The topological polar surface area (TPSA) is 52.8 Å². The molecule has 0 saturated carbocycles. The van der Waals surface area contributed by atoms with Crippen molar-refractivity contribution < 1.29 is 33.3 Å². The Morgan fingerprint density at radius 3 is 2.35 bits per heavy atom. The minimum atomic E-state index is -4.46. The maximum absolute atomic E-state index is 12.2. The fourth-order valence-electron chi connectivity index (χ4n) is 2.59. The van der Waals surface area contributed by atoms with Crippen molar-refractivity contribution in [2.45, 2.75) is 6.18 Å². The molecule has 1 radical (unpaired) electrons. The number of halogens is 3. The fourth-order valence-corrected chi connectivity index (χ4v) is 3.54. The smallest absolute Gasteiger partial charge is 0.431 e. The van der Waals surface area contributed by atoms with Crippen LogP contribution in [0.25, 0.3) is 32.2 Å². The first kappa shape index (κ1) is 22.8. The van der Waals surface area contributed by atoms with Gasteiger partial charge in [0.25, 0.3) is 0 Å². The summed E-state index contributed by atoms with van der Waals surface area (Å²) in [5, 5.41) is 7.51. The summed E-state index contributed by atoms with van der Waals surface area (Å²) in [5.41, 5.74) is 1.64. The van der Waals surface area contributed by atoms with Crippen molar-refractivity contribution in [2.75, 3.05) is 0 Å². The Kier molecular flexibility index (Phi) is 7.33. The van der Waals surface area contributed by atoms with Gasteiger partial charge in [0.2, 0.25) is 0 Å². The fraction of sp³-hybridized carbons (Fsp3) is 0.0455. The van der Waals surface area contributed by atoms with Crippen molar-refractivity contribution >= 4 is 21.6 Å². The van der Waals surface area contributed by atoms with Crippen molar-refractivity contribution in [3.8, 4) is 22.0 Å². The molecule has 9 heteroatoms. The molecular formula is C22H13F3IrN4S-2. The minimum absolute atomic E-state index is 0. The maximum atomic E-state index is 12.2. The maximum Gasteiger partial charge on any atom is 0.431 e. The van der Waals surface area contributed by atoms with Gasteiger partial charge in [-0.2, -0.15) is 24.5 Å². The number of hydrogen-bond acceptors (Lipinski definition) is 4. The molecule has 0 bridgehead atoms. The van der Waals surface area contributed by atoms with Gasteiger partial charge in [-0.15, -0.1) is 35.9 Å². The Morgan fingerprint density at radius 1 is 0.935 bits per heavy atom. The van der Waals surface area contributed by atoms with Gasteiger partial charge < -0.3 is 10.2 Å². The molecule has 3 heterocycles. The van der Waals surface area contributed by atoms with E-state index in [1.807, 2.05) is 42.5 Å². The molecule has 5 aromatic rings. The van der Waals surface area contributed by atoms with Gasteiger partial charge in [-0.3, -0.25) is 9.97 Å². The van der Waals surface area contributed by atoms with Crippen molar-refractivity contribution in [1.29, 1.82) is 0 Å². The summed E-state index contributed by atoms with van der Waals surface area (Å²) < 4.78 is 37.8. The molecule has 0 aliphatic heterocycles. The molecule has 0 aliphatic carbocycles. The SMILES string of the molecule is FC(F)(F)c1cc(-c2ccccn2)[n-]n1.[Ir].[c-]1ccccc1-c1nc2ccccc2s1. The van der Waals surface area contributed by atoms with E-state index in [0.29, 0.717) is 5.69 Å². The van der Waals surface area contributed by atoms with Crippen LogP contribution in [-0.4, -0.2) is 15.1 Å². The van der Waals surface area contributed by atoms with Gasteiger partial charge in [0, 0.05) is 41.7 Å². The van der Waals surface area contributed by atoms with E-state index in [1.165, 1.54) is 10.9 Å². The molecule has 4 nitrogen and oxygen atoms in total. The van der Waals surface area contributed by atoms with E-state index >= 15 is 0 Å². The summed E-state index contributed by atoms with van der Waals surface area (Å²) in [6.45, 7) is 0. The summed E-state index contributed by atoms with van der Waals surface area (Å²) in [6.07, 6.45) is -2.97. The predicted octanol–water partition coefficient (Wildman–Crippen LogP) is 5.88. The number of fused-ring (bicyclic) bond motifs is 1. The number of thiazole rings is 1. The van der Waals surface area contributed by atoms with E-state index in [4.69, 9.17) is 0 Å². The Balaban J connectivity index is 0.000000170. The number of aromatic nitrogens is 4. The van der Waals surface area contributed by atoms with Crippen LogP contribution >= 0.6 is 11.3 Å². The first-order valence-corrected chi connectivity index (χ1v) is 9.64. The molecule has 0 fully saturated rings. The summed E-state index contributed by atoms with van der Waals surface area (Å²) in [4.78, 5) is 8.44. The molecule has 0 amide bonds. The van der Waals surface area contributed by atoms with Gasteiger partial charge in [-0.1, -0.05) is 23.9 Å². The predicted molar refractivity (Wildman–Crippen MR) is 110 cm³/mol. The van der Waals surface area contributed by atoms with Gasteiger partial charge in [0.1, 0.15) is 5.69 Å². The number of hydrogen-bond donors (Lipinski definition) is 0. The molecule has 0 N–H and O–H groups in total. The summed E-state index contributed by atoms with van der Waals surface area (Å²) >= 11 is 1.71. The van der Waals surface area contributed by atoms with Crippen molar-refractivity contribution in [3.63, 3.8) is 0 Å². The summed E-state index contributed by atoms with van der Waals surface area (Å²) in [6, 6.07) is 25.1. The average molecular weight is 615 g/mol. The van der Waals surface area contributed by atoms with Gasteiger partial charge in [-0.25, -0.2) is 0 Å². The van der Waals surface area contributed by atoms with Gasteiger partial charge >= 0.3 is 6.18 Å². The largest absolute Gasteiger partial charge is 0.573 e. The van der Waals surface area contributed by atoms with Crippen LogP contribution in [0.3, 0.4) is 0 Å². The van der Waals surface area contributed by atoms with Gasteiger partial charge in [0.15, 0.2) is 0 Å². The van der Waals surface area contributed by atoms with E-state index in [-0.39, 0.29) is 25.8 Å². The normalized spacial score (nSPS) is 10.8. The zero-order chi connectivity index (χ0) is 21.0. The monoisotopic (exact) mass is 615 g/mol. The van der Waals surface area contributed by atoms with Crippen molar-refractivity contribution in [2.24, 2.45) is 0 Å². The van der Waals surface area contributed by atoms with Gasteiger partial charge in [0.05, 0.1) is 5.52 Å². The Morgan fingerprint density at radius 2 is 1.71 bits per heavy atom. The van der Waals surface area contributed by atoms with Gasteiger partial charge in [-0.05, 0) is 30.3 Å². The minimum Gasteiger partial charge on any atom is -0.573 e. The number of rotatable bonds is 2. The van der Waals surface area contributed by atoms with Crippen molar-refractivity contribution in [3.05, 3.63) is 90.8 Å². The standard InChI is InChI=1S/C13H8NS.C9H5F3N3.Ir/c1-2-6-10(7-3-1)13-14-11-8-4-5-9-12(11)15-13;10-9(11,12)8-5-7(14-15-8)6-3-1-2-4-13-6;/h1-6,8-9H;1-5H;/q2*-1;. The van der Waals surface area contributed by atoms with Crippen LogP contribution in [-0.2, 0) is 26.3 Å². The Labute approximate surface area is 193 Å². The summed E-state index contributed by atoms with van der Waals surface area (Å²) in [7, 11) is 0. The molecule has 159 valence electrons. The Hall–Kier alpha value is -2.87. The van der Waals surface area contributed by atoms with Crippen LogP contribution < -0.4 is 5.10 Å². The Bertz CT molecular complexity index is 1200. The number of alkyl halides is 3. The van der Waals surface area contributed by atoms with Crippen LogP contribution in [0.15, 0.2) is 79.0 Å². The molecule has 2 aromatic carbocycles. The second kappa shape index (κ2) is 9.96. The second-order valence-electron chi connectivity index (χ2n) is 6.09. The number of pyridine rings is 1. The number of nitrogens with zero attached hydrogens (tertiary/aromatic N) is 4. The van der Waals surface area contributed by atoms with Crippen LogP contribution in [0.1, 0.15) is 5.69 Å². The van der Waals surface area contributed by atoms with Crippen LogP contribution in [0.5, 0.6) is 0 Å². The zero-order valence-electron chi connectivity index (χ0n) is 15.7. The molecule has 0 atom stereocenters. The van der Waals surface area contributed by atoms with E-state index in [0.717, 1.165) is 22.2 Å². The van der Waals surface area contributed by atoms with Crippen molar-refractivity contribution in [1.82, 2.24) is 20.2 Å².